The lowest BCUT2D eigenvalue weighted by Crippen LogP contribution is -2.42. The first-order chi connectivity index (χ1) is 14.3. The smallest absolute Gasteiger partial charge is 0.410 e. The predicted molar refractivity (Wildman–Crippen MR) is 113 cm³/mol. The molecule has 0 aliphatic carbocycles. The van der Waals surface area contributed by atoms with Crippen LogP contribution in [0.3, 0.4) is 0 Å². The molecule has 3 rings (SSSR count). The third kappa shape index (κ3) is 5.62. The van der Waals surface area contributed by atoms with Crippen LogP contribution in [0, 0.1) is 0 Å². The number of pyridine rings is 1. The summed E-state index contributed by atoms with van der Waals surface area (Å²) in [4.78, 5) is 37.3. The fourth-order valence-corrected chi connectivity index (χ4v) is 3.28. The monoisotopic (exact) mass is 413 g/mol. The molecule has 0 bridgehead atoms. The molecule has 0 saturated carbocycles. The van der Waals surface area contributed by atoms with E-state index < -0.39 is 0 Å². The van der Waals surface area contributed by atoms with Crippen molar-refractivity contribution in [3.63, 3.8) is 0 Å². The van der Waals surface area contributed by atoms with Crippen molar-refractivity contribution in [1.29, 1.82) is 0 Å². The lowest BCUT2D eigenvalue weighted by Gasteiger charge is -2.32. The summed E-state index contributed by atoms with van der Waals surface area (Å²) in [5, 5.41) is 2.69. The molecular weight excluding hydrogens is 386 g/mol. The molecule has 160 valence electrons. The quantitative estimate of drug-likeness (QED) is 0.813. The summed E-state index contributed by atoms with van der Waals surface area (Å²) in [5.41, 5.74) is 1.15. The zero-order chi connectivity index (χ0) is 21.7. The summed E-state index contributed by atoms with van der Waals surface area (Å²) < 4.78 is 12.7. The molecule has 0 radical (unpaired) electrons. The Kier molecular flexibility index (Phi) is 6.76. The molecule has 0 atom stereocenters. The van der Waals surface area contributed by atoms with Crippen LogP contribution in [0.5, 0.6) is 5.75 Å². The van der Waals surface area contributed by atoms with Gasteiger partial charge in [-0.2, -0.15) is 0 Å². The Morgan fingerprint density at radius 2 is 1.77 bits per heavy atom. The molecule has 2 amide bonds. The minimum absolute atomic E-state index is 0.0553. The fraction of sp³-hybridized carbons (Fsp3) is 0.409. The Morgan fingerprint density at radius 3 is 2.33 bits per heavy atom. The number of amides is 2. The minimum Gasteiger partial charge on any atom is -0.490 e. The summed E-state index contributed by atoms with van der Waals surface area (Å²) in [6.45, 7) is 6.22. The largest absolute Gasteiger partial charge is 0.490 e. The second kappa shape index (κ2) is 9.47. The SMILES string of the molecule is CC(=O)Nc1ccc(-n2ccc(OC3CCN(C(=O)OC(C)C)CC3)cc2=O)cc1. The molecule has 8 nitrogen and oxygen atoms in total. The second-order valence-corrected chi connectivity index (χ2v) is 7.54. The molecule has 0 spiro atoms. The van der Waals surface area contributed by atoms with Crippen molar-refractivity contribution >= 4 is 17.7 Å². The average Bonchev–Trinajstić information content (AvgIpc) is 2.68. The van der Waals surface area contributed by atoms with Crippen LogP contribution in [0.1, 0.15) is 33.6 Å². The second-order valence-electron chi connectivity index (χ2n) is 7.54. The summed E-state index contributed by atoms with van der Waals surface area (Å²) in [5.74, 6) is 0.360. The van der Waals surface area contributed by atoms with Gasteiger partial charge < -0.3 is 19.7 Å². The number of nitrogens with zero attached hydrogens (tertiary/aromatic N) is 2. The maximum absolute atomic E-state index is 12.5. The fourth-order valence-electron chi connectivity index (χ4n) is 3.28. The standard InChI is InChI=1S/C22H27N3O5/c1-15(2)29-22(28)24-11-8-19(9-12-24)30-20-10-13-25(21(27)14-20)18-6-4-17(5-7-18)23-16(3)26/h4-7,10,13-15,19H,8-9,11-12H2,1-3H3,(H,23,26). The van der Waals surface area contributed by atoms with E-state index in [1.165, 1.54) is 17.6 Å². The van der Waals surface area contributed by atoms with Crippen molar-refractivity contribution in [3.05, 3.63) is 52.9 Å². The Hall–Kier alpha value is -3.29. The molecule has 1 aromatic heterocycles. The van der Waals surface area contributed by atoms with E-state index in [1.807, 2.05) is 13.8 Å². The van der Waals surface area contributed by atoms with E-state index in [0.29, 0.717) is 43.1 Å². The summed E-state index contributed by atoms with van der Waals surface area (Å²) >= 11 is 0. The van der Waals surface area contributed by atoms with Crippen LogP contribution in [-0.4, -0.2) is 46.8 Å². The normalized spacial score (nSPS) is 14.5. The summed E-state index contributed by atoms with van der Waals surface area (Å²) in [6, 6.07) is 10.2. The van der Waals surface area contributed by atoms with Crippen molar-refractivity contribution in [2.24, 2.45) is 0 Å². The lowest BCUT2D eigenvalue weighted by atomic mass is 10.1. The van der Waals surface area contributed by atoms with Gasteiger partial charge in [-0.05, 0) is 44.2 Å². The lowest BCUT2D eigenvalue weighted by molar-refractivity contribution is -0.114. The summed E-state index contributed by atoms with van der Waals surface area (Å²) in [6.07, 6.45) is 2.54. The highest BCUT2D eigenvalue weighted by Crippen LogP contribution is 2.19. The Morgan fingerprint density at radius 1 is 1.10 bits per heavy atom. The molecule has 8 heteroatoms. The predicted octanol–water partition coefficient (Wildman–Crippen LogP) is 3.18. The molecule has 30 heavy (non-hydrogen) atoms. The van der Waals surface area contributed by atoms with Crippen LogP contribution < -0.4 is 15.6 Å². The molecule has 1 fully saturated rings. The number of carbonyl (C=O) groups is 2. The van der Waals surface area contributed by atoms with Gasteiger partial charge in [0.15, 0.2) is 0 Å². The minimum atomic E-state index is -0.296. The van der Waals surface area contributed by atoms with Crippen molar-refractivity contribution in [3.8, 4) is 11.4 Å². The number of likely N-dealkylation sites (tertiary alicyclic amines) is 1. The van der Waals surface area contributed by atoms with Gasteiger partial charge in [-0.3, -0.25) is 14.2 Å². The van der Waals surface area contributed by atoms with Gasteiger partial charge >= 0.3 is 6.09 Å². The Bertz CT molecular complexity index is 944. The van der Waals surface area contributed by atoms with Crippen LogP contribution in [0.2, 0.25) is 0 Å². The molecule has 1 aliphatic heterocycles. The van der Waals surface area contributed by atoms with Crippen LogP contribution in [0.4, 0.5) is 10.5 Å². The van der Waals surface area contributed by atoms with E-state index in [2.05, 4.69) is 5.32 Å². The Balaban J connectivity index is 1.59. The molecule has 1 aromatic carbocycles. The Labute approximate surface area is 175 Å². The van der Waals surface area contributed by atoms with Gasteiger partial charge in [0.2, 0.25) is 5.91 Å². The van der Waals surface area contributed by atoms with Gasteiger partial charge in [-0.1, -0.05) is 0 Å². The van der Waals surface area contributed by atoms with E-state index >= 15 is 0 Å². The highest BCUT2D eigenvalue weighted by Gasteiger charge is 2.25. The molecule has 2 aromatic rings. The molecule has 1 saturated heterocycles. The van der Waals surface area contributed by atoms with Crippen molar-refractivity contribution < 1.29 is 19.1 Å². The van der Waals surface area contributed by atoms with E-state index in [4.69, 9.17) is 9.47 Å². The van der Waals surface area contributed by atoms with Crippen molar-refractivity contribution in [2.75, 3.05) is 18.4 Å². The first-order valence-corrected chi connectivity index (χ1v) is 10.0. The van der Waals surface area contributed by atoms with Crippen molar-refractivity contribution in [2.45, 2.75) is 45.8 Å². The maximum atomic E-state index is 12.5. The van der Waals surface area contributed by atoms with Gasteiger partial charge in [0.1, 0.15) is 11.9 Å². The zero-order valence-corrected chi connectivity index (χ0v) is 17.5. The zero-order valence-electron chi connectivity index (χ0n) is 17.5. The first kappa shape index (κ1) is 21.4. The molecule has 0 unspecified atom stereocenters. The topological polar surface area (TPSA) is 89.9 Å². The van der Waals surface area contributed by atoms with Gasteiger partial charge in [0.25, 0.3) is 5.56 Å². The van der Waals surface area contributed by atoms with Gasteiger partial charge in [0, 0.05) is 56.5 Å². The number of carbonyl (C=O) groups excluding carboxylic acids is 2. The van der Waals surface area contributed by atoms with E-state index in [1.54, 1.807) is 41.4 Å². The van der Waals surface area contributed by atoms with E-state index in [9.17, 15) is 14.4 Å². The highest BCUT2D eigenvalue weighted by atomic mass is 16.6. The summed E-state index contributed by atoms with van der Waals surface area (Å²) in [7, 11) is 0. The number of ether oxygens (including phenoxy) is 2. The van der Waals surface area contributed by atoms with Crippen molar-refractivity contribution in [1.82, 2.24) is 9.47 Å². The molecular formula is C22H27N3O5. The van der Waals surface area contributed by atoms with Crippen LogP contribution >= 0.6 is 0 Å². The van der Waals surface area contributed by atoms with E-state index in [0.717, 1.165) is 0 Å². The number of anilines is 1. The number of aromatic nitrogens is 1. The maximum Gasteiger partial charge on any atom is 0.410 e. The van der Waals surface area contributed by atoms with Crippen LogP contribution in [0.25, 0.3) is 5.69 Å². The number of piperidine rings is 1. The van der Waals surface area contributed by atoms with Crippen LogP contribution in [-0.2, 0) is 9.53 Å². The number of nitrogens with one attached hydrogen (secondary N) is 1. The number of hydrogen-bond acceptors (Lipinski definition) is 5. The number of hydrogen-bond donors (Lipinski definition) is 1. The number of rotatable bonds is 5. The van der Waals surface area contributed by atoms with Gasteiger partial charge in [0.05, 0.1) is 6.10 Å². The van der Waals surface area contributed by atoms with Gasteiger partial charge in [-0.25, -0.2) is 4.79 Å². The highest BCUT2D eigenvalue weighted by molar-refractivity contribution is 5.88. The average molecular weight is 413 g/mol. The third-order valence-electron chi connectivity index (χ3n) is 4.70. The van der Waals surface area contributed by atoms with Crippen LogP contribution in [0.15, 0.2) is 47.4 Å². The molecule has 1 aliphatic rings. The van der Waals surface area contributed by atoms with Gasteiger partial charge in [-0.15, -0.1) is 0 Å². The molecule has 2 heterocycles. The number of benzene rings is 1. The first-order valence-electron chi connectivity index (χ1n) is 10.0. The molecule has 1 N–H and O–H groups in total. The van der Waals surface area contributed by atoms with E-state index in [-0.39, 0.29) is 29.8 Å². The third-order valence-corrected chi connectivity index (χ3v) is 4.70.